The number of carbonyl (C=O) groups is 1. The fourth-order valence-electron chi connectivity index (χ4n) is 1.80. The van der Waals surface area contributed by atoms with Gasteiger partial charge < -0.3 is 4.74 Å². The van der Waals surface area contributed by atoms with E-state index in [0.717, 1.165) is 11.3 Å². The van der Waals surface area contributed by atoms with Gasteiger partial charge in [-0.25, -0.2) is 15.7 Å². The minimum Gasteiger partial charge on any atom is -0.465 e. The number of nitro groups is 1. The molecule has 1 heterocycles. The number of hydrogen-bond acceptors (Lipinski definition) is 4. The van der Waals surface area contributed by atoms with Crippen LogP contribution in [0, 0.1) is 10.1 Å². The van der Waals surface area contributed by atoms with Crippen molar-refractivity contribution in [2.24, 2.45) is 0 Å². The van der Waals surface area contributed by atoms with Gasteiger partial charge in [-0.05, 0) is 22.4 Å². The third-order valence-corrected chi connectivity index (χ3v) is 4.54. The highest BCUT2D eigenvalue weighted by Crippen LogP contribution is 2.37. The number of benzene rings is 1. The first-order valence-electron chi connectivity index (χ1n) is 5.58. The van der Waals surface area contributed by atoms with Crippen molar-refractivity contribution in [2.75, 3.05) is 7.11 Å². The molecule has 1 aliphatic heterocycles. The van der Waals surface area contributed by atoms with Gasteiger partial charge in [0.2, 0.25) is 0 Å². The Labute approximate surface area is 113 Å². The number of thiol groups is 1. The van der Waals surface area contributed by atoms with Gasteiger partial charge in [0.15, 0.2) is 0 Å². The Morgan fingerprint density at radius 2 is 2.05 bits per heavy atom. The molecule has 0 saturated heterocycles. The fraction of sp³-hybridized carbons (Fsp3) is 0.154. The minimum atomic E-state index is -0.690. The Hall–Kier alpha value is -2.08. The molecular formula is C13H13NO4S. The molecule has 1 aromatic rings. The van der Waals surface area contributed by atoms with E-state index in [1.807, 2.05) is 12.2 Å². The SMILES string of the molecule is COC(=O)c1ccc(C[SH]2C=CC=C2)cc1[N+](=O)[O-]. The summed E-state index contributed by atoms with van der Waals surface area (Å²) in [7, 11) is 0.824. The van der Waals surface area contributed by atoms with Gasteiger partial charge in [-0.1, -0.05) is 18.2 Å². The van der Waals surface area contributed by atoms with Crippen molar-refractivity contribution < 1.29 is 14.5 Å². The quantitative estimate of drug-likeness (QED) is 0.398. The lowest BCUT2D eigenvalue weighted by molar-refractivity contribution is -0.385. The molecule has 0 bridgehead atoms. The van der Waals surface area contributed by atoms with E-state index in [9.17, 15) is 14.9 Å². The Morgan fingerprint density at radius 3 is 2.63 bits per heavy atom. The normalized spacial score (nSPS) is 14.7. The molecule has 0 radical (unpaired) electrons. The van der Waals surface area contributed by atoms with Crippen molar-refractivity contribution in [3.63, 3.8) is 0 Å². The van der Waals surface area contributed by atoms with Gasteiger partial charge in [0.1, 0.15) is 5.56 Å². The molecule has 1 aromatic carbocycles. The summed E-state index contributed by atoms with van der Waals surface area (Å²) in [5.74, 6) is 0.0505. The number of nitro benzene ring substituents is 1. The van der Waals surface area contributed by atoms with Crippen LogP contribution in [0.2, 0.25) is 0 Å². The van der Waals surface area contributed by atoms with Crippen LogP contribution in [0.5, 0.6) is 0 Å². The molecule has 0 amide bonds. The van der Waals surface area contributed by atoms with Crippen molar-refractivity contribution >= 4 is 22.6 Å². The summed E-state index contributed by atoms with van der Waals surface area (Å²) < 4.78 is 4.54. The standard InChI is InChI=1S/C13H13NO4S/c1-18-13(15)11-5-4-10(8-12(11)14(16)17)9-19-6-2-3-7-19/h2-8,19H,9H2,1H3. The number of rotatable bonds is 4. The summed E-state index contributed by atoms with van der Waals surface area (Å²) in [6, 6.07) is 4.65. The predicted molar refractivity (Wildman–Crippen MR) is 75.4 cm³/mol. The number of methoxy groups -OCH3 is 1. The molecule has 19 heavy (non-hydrogen) atoms. The fourth-order valence-corrected chi connectivity index (χ4v) is 3.37. The molecule has 0 saturated carbocycles. The lowest BCUT2D eigenvalue weighted by Gasteiger charge is -2.10. The van der Waals surface area contributed by atoms with E-state index < -0.39 is 10.9 Å². The van der Waals surface area contributed by atoms with E-state index in [-0.39, 0.29) is 22.1 Å². The van der Waals surface area contributed by atoms with Crippen molar-refractivity contribution in [1.29, 1.82) is 0 Å². The molecular weight excluding hydrogens is 266 g/mol. The summed E-state index contributed by atoms with van der Waals surface area (Å²) in [6.07, 6.45) is 3.95. The highest BCUT2D eigenvalue weighted by molar-refractivity contribution is 8.21. The molecule has 100 valence electrons. The minimum absolute atomic E-state index is 0.0125. The second-order valence-electron chi connectivity index (χ2n) is 3.96. The number of allylic oxidation sites excluding steroid dienone is 2. The maximum atomic E-state index is 11.4. The summed E-state index contributed by atoms with van der Waals surface area (Å²) in [4.78, 5) is 21.9. The predicted octanol–water partition coefficient (Wildman–Crippen LogP) is 2.92. The van der Waals surface area contributed by atoms with E-state index in [1.165, 1.54) is 19.2 Å². The van der Waals surface area contributed by atoms with E-state index in [2.05, 4.69) is 15.6 Å². The maximum absolute atomic E-state index is 11.4. The monoisotopic (exact) mass is 279 g/mol. The van der Waals surface area contributed by atoms with Crippen LogP contribution in [-0.2, 0) is 10.5 Å². The van der Waals surface area contributed by atoms with Crippen LogP contribution in [0.3, 0.4) is 0 Å². The first-order valence-corrected chi connectivity index (χ1v) is 7.24. The molecule has 0 spiro atoms. The number of hydrogen-bond donors (Lipinski definition) is 1. The van der Waals surface area contributed by atoms with Crippen LogP contribution >= 0.6 is 10.9 Å². The molecule has 0 unspecified atom stereocenters. The Morgan fingerprint density at radius 1 is 1.37 bits per heavy atom. The van der Waals surface area contributed by atoms with Gasteiger partial charge in [0.25, 0.3) is 5.69 Å². The molecule has 6 heteroatoms. The third-order valence-electron chi connectivity index (χ3n) is 2.70. The smallest absolute Gasteiger partial charge is 0.344 e. The summed E-state index contributed by atoms with van der Waals surface area (Å²) >= 11 is 0. The third kappa shape index (κ3) is 3.03. The zero-order chi connectivity index (χ0) is 13.8. The van der Waals surface area contributed by atoms with Crippen molar-refractivity contribution in [1.82, 2.24) is 0 Å². The summed E-state index contributed by atoms with van der Waals surface area (Å²) in [6.45, 7) is 0. The first-order chi connectivity index (χ1) is 9.11. The van der Waals surface area contributed by atoms with Gasteiger partial charge in [0, 0.05) is 11.8 Å². The average molecular weight is 279 g/mol. The molecule has 2 rings (SSSR count). The topological polar surface area (TPSA) is 69.4 Å². The van der Waals surface area contributed by atoms with Crippen LogP contribution in [0.15, 0.2) is 41.2 Å². The molecule has 0 N–H and O–H groups in total. The zero-order valence-corrected chi connectivity index (χ0v) is 11.2. The van der Waals surface area contributed by atoms with Crippen molar-refractivity contribution in [3.8, 4) is 0 Å². The zero-order valence-electron chi connectivity index (χ0n) is 10.3. The second-order valence-corrected chi connectivity index (χ2v) is 5.90. The maximum Gasteiger partial charge on any atom is 0.344 e. The average Bonchev–Trinajstić information content (AvgIpc) is 2.90. The number of carbonyl (C=O) groups excluding carboxylic acids is 1. The van der Waals surface area contributed by atoms with Crippen LogP contribution in [0.1, 0.15) is 15.9 Å². The van der Waals surface area contributed by atoms with Crippen LogP contribution < -0.4 is 0 Å². The summed E-state index contributed by atoms with van der Waals surface area (Å²) in [5, 5.41) is 15.2. The lowest BCUT2D eigenvalue weighted by atomic mass is 10.1. The van der Waals surface area contributed by atoms with Crippen LogP contribution in [0.4, 0.5) is 5.69 Å². The van der Waals surface area contributed by atoms with E-state index in [1.54, 1.807) is 6.07 Å². The largest absolute Gasteiger partial charge is 0.465 e. The molecule has 0 atom stereocenters. The molecule has 0 aromatic heterocycles. The highest BCUT2D eigenvalue weighted by atomic mass is 32.2. The molecule has 0 fully saturated rings. The van der Waals surface area contributed by atoms with Crippen molar-refractivity contribution in [2.45, 2.75) is 5.75 Å². The van der Waals surface area contributed by atoms with Gasteiger partial charge in [-0.2, -0.15) is 0 Å². The first kappa shape index (κ1) is 13.4. The highest BCUT2D eigenvalue weighted by Gasteiger charge is 2.21. The Balaban J connectivity index is 2.30. The van der Waals surface area contributed by atoms with Crippen molar-refractivity contribution in [3.05, 3.63) is 62.4 Å². The van der Waals surface area contributed by atoms with Gasteiger partial charge in [0.05, 0.1) is 12.0 Å². The van der Waals surface area contributed by atoms with E-state index in [0.29, 0.717) is 0 Å². The Kier molecular flexibility index (Phi) is 4.01. The molecule has 0 aliphatic carbocycles. The van der Waals surface area contributed by atoms with E-state index >= 15 is 0 Å². The summed E-state index contributed by atoms with van der Waals surface area (Å²) in [5.41, 5.74) is 0.634. The number of esters is 1. The van der Waals surface area contributed by atoms with E-state index in [4.69, 9.17) is 0 Å². The van der Waals surface area contributed by atoms with Gasteiger partial charge in [-0.15, -0.1) is 0 Å². The van der Waals surface area contributed by atoms with Crippen LogP contribution in [-0.4, -0.2) is 18.0 Å². The molecule has 1 aliphatic rings. The van der Waals surface area contributed by atoms with Gasteiger partial charge in [-0.3, -0.25) is 10.1 Å². The number of nitrogens with zero attached hydrogens (tertiary/aromatic N) is 1. The number of ether oxygens (including phenoxy) is 1. The molecule has 5 nitrogen and oxygen atoms in total. The lowest BCUT2D eigenvalue weighted by Crippen LogP contribution is -2.06. The van der Waals surface area contributed by atoms with Crippen LogP contribution in [0.25, 0.3) is 0 Å². The Bertz CT molecular complexity index is 568. The second kappa shape index (κ2) is 5.71. The van der Waals surface area contributed by atoms with Gasteiger partial charge >= 0.3 is 5.97 Å².